The van der Waals surface area contributed by atoms with Crippen LogP contribution in [0.15, 0.2) is 24.3 Å². The van der Waals surface area contributed by atoms with Crippen molar-refractivity contribution >= 4 is 5.78 Å². The molecule has 1 atom stereocenters. The second kappa shape index (κ2) is 5.94. The van der Waals surface area contributed by atoms with Gasteiger partial charge in [0.1, 0.15) is 0 Å². The maximum atomic E-state index is 11.2. The Kier molecular flexibility index (Phi) is 4.29. The number of carbonyl (C=O) groups excluding carboxylic acids is 1. The van der Waals surface area contributed by atoms with E-state index in [9.17, 15) is 4.79 Å². The van der Waals surface area contributed by atoms with Gasteiger partial charge in [0.05, 0.1) is 6.61 Å². The minimum Gasteiger partial charge on any atom is -0.353 e. The highest BCUT2D eigenvalue weighted by atomic mass is 16.7. The minimum atomic E-state index is -0.0789. The van der Waals surface area contributed by atoms with Crippen molar-refractivity contribution in [3.8, 4) is 0 Å². The summed E-state index contributed by atoms with van der Waals surface area (Å²) in [6.45, 7) is 2.87. The highest BCUT2D eigenvalue weighted by molar-refractivity contribution is 5.94. The summed E-state index contributed by atoms with van der Waals surface area (Å²) in [5.74, 6) is 0.0840. The lowest BCUT2D eigenvalue weighted by Gasteiger charge is -2.22. The summed E-state index contributed by atoms with van der Waals surface area (Å²) in [7, 11) is 0. The molecule has 92 valence electrons. The van der Waals surface area contributed by atoms with Crippen molar-refractivity contribution in [1.82, 2.24) is 0 Å². The first-order valence-corrected chi connectivity index (χ1v) is 6.09. The van der Waals surface area contributed by atoms with E-state index in [1.807, 2.05) is 24.3 Å². The Balaban J connectivity index is 1.89. The van der Waals surface area contributed by atoms with Crippen LogP contribution in [0.25, 0.3) is 0 Å². The molecule has 0 amide bonds. The van der Waals surface area contributed by atoms with Crippen LogP contribution in [0.3, 0.4) is 0 Å². The fraction of sp³-hybridized carbons (Fsp3) is 0.500. The molecule has 17 heavy (non-hydrogen) atoms. The SMILES string of the molecule is CC(=O)c1cccc(COC2CCCCO2)c1. The first-order valence-electron chi connectivity index (χ1n) is 6.09. The van der Waals surface area contributed by atoms with Gasteiger partial charge in [-0.05, 0) is 37.8 Å². The van der Waals surface area contributed by atoms with E-state index in [0.29, 0.717) is 6.61 Å². The predicted octanol–water partition coefficient (Wildman–Crippen LogP) is 2.93. The lowest BCUT2D eigenvalue weighted by atomic mass is 10.1. The van der Waals surface area contributed by atoms with E-state index in [0.717, 1.165) is 37.0 Å². The van der Waals surface area contributed by atoms with Crippen LogP contribution in [-0.2, 0) is 16.1 Å². The van der Waals surface area contributed by atoms with E-state index >= 15 is 0 Å². The molecular weight excluding hydrogens is 216 g/mol. The van der Waals surface area contributed by atoms with Gasteiger partial charge in [0.25, 0.3) is 0 Å². The number of benzene rings is 1. The Morgan fingerprint density at radius 2 is 2.35 bits per heavy atom. The number of Topliss-reactive ketones (excluding diaryl/α,β-unsaturated/α-hetero) is 1. The molecule has 1 fully saturated rings. The summed E-state index contributed by atoms with van der Waals surface area (Å²) in [6, 6.07) is 7.56. The molecule has 1 aromatic carbocycles. The first-order chi connectivity index (χ1) is 8.25. The maximum absolute atomic E-state index is 11.2. The Morgan fingerprint density at radius 3 is 3.06 bits per heavy atom. The molecular formula is C14H18O3. The van der Waals surface area contributed by atoms with Crippen molar-refractivity contribution < 1.29 is 14.3 Å². The van der Waals surface area contributed by atoms with Gasteiger partial charge in [0.15, 0.2) is 12.1 Å². The molecule has 2 rings (SSSR count). The molecule has 1 aliphatic rings. The summed E-state index contributed by atoms with van der Waals surface area (Å²) in [6.07, 6.45) is 3.18. The second-order valence-corrected chi connectivity index (χ2v) is 4.36. The van der Waals surface area contributed by atoms with E-state index in [1.54, 1.807) is 6.92 Å². The molecule has 3 heteroatoms. The number of ether oxygens (including phenoxy) is 2. The zero-order chi connectivity index (χ0) is 12.1. The standard InChI is InChI=1S/C14H18O3/c1-11(15)13-6-4-5-12(9-13)10-17-14-7-2-3-8-16-14/h4-6,9,14H,2-3,7-8,10H2,1H3. The Bertz CT molecular complexity index is 381. The van der Waals surface area contributed by atoms with Crippen LogP contribution >= 0.6 is 0 Å². The highest BCUT2D eigenvalue weighted by Crippen LogP contribution is 2.16. The van der Waals surface area contributed by atoms with Crippen LogP contribution in [-0.4, -0.2) is 18.7 Å². The average Bonchev–Trinajstić information content (AvgIpc) is 2.38. The van der Waals surface area contributed by atoms with Gasteiger partial charge in [0, 0.05) is 12.2 Å². The molecule has 1 heterocycles. The third-order valence-corrected chi connectivity index (χ3v) is 2.91. The molecule has 0 spiro atoms. The van der Waals surface area contributed by atoms with E-state index in [2.05, 4.69) is 0 Å². The summed E-state index contributed by atoms with van der Waals surface area (Å²) in [4.78, 5) is 11.2. The molecule has 0 aromatic heterocycles. The summed E-state index contributed by atoms with van der Waals surface area (Å²) >= 11 is 0. The maximum Gasteiger partial charge on any atom is 0.159 e. The second-order valence-electron chi connectivity index (χ2n) is 4.36. The van der Waals surface area contributed by atoms with Crippen LogP contribution in [0.1, 0.15) is 42.1 Å². The van der Waals surface area contributed by atoms with Crippen molar-refractivity contribution in [2.45, 2.75) is 39.1 Å². The average molecular weight is 234 g/mol. The van der Waals surface area contributed by atoms with Crippen LogP contribution in [0, 0.1) is 0 Å². The van der Waals surface area contributed by atoms with Gasteiger partial charge in [-0.3, -0.25) is 4.79 Å². The predicted molar refractivity (Wildman–Crippen MR) is 64.8 cm³/mol. The molecule has 0 N–H and O–H groups in total. The molecule has 1 aliphatic heterocycles. The number of hydrogen-bond donors (Lipinski definition) is 0. The fourth-order valence-corrected chi connectivity index (χ4v) is 1.91. The van der Waals surface area contributed by atoms with Crippen molar-refractivity contribution in [2.75, 3.05) is 6.61 Å². The zero-order valence-corrected chi connectivity index (χ0v) is 10.1. The quantitative estimate of drug-likeness (QED) is 0.751. The van der Waals surface area contributed by atoms with Crippen LogP contribution < -0.4 is 0 Å². The molecule has 1 saturated heterocycles. The number of ketones is 1. The number of hydrogen-bond acceptors (Lipinski definition) is 3. The summed E-state index contributed by atoms with van der Waals surface area (Å²) < 4.78 is 11.2. The summed E-state index contributed by atoms with van der Waals surface area (Å²) in [5, 5.41) is 0. The van der Waals surface area contributed by atoms with Crippen LogP contribution in [0.5, 0.6) is 0 Å². The zero-order valence-electron chi connectivity index (χ0n) is 10.1. The Hall–Kier alpha value is -1.19. The lowest BCUT2D eigenvalue weighted by molar-refractivity contribution is -0.168. The van der Waals surface area contributed by atoms with Crippen LogP contribution in [0.4, 0.5) is 0 Å². The normalized spacial score (nSPS) is 20.2. The van der Waals surface area contributed by atoms with Gasteiger partial charge in [-0.2, -0.15) is 0 Å². The van der Waals surface area contributed by atoms with Crippen molar-refractivity contribution in [3.05, 3.63) is 35.4 Å². The lowest BCUT2D eigenvalue weighted by Crippen LogP contribution is -2.22. The fourth-order valence-electron chi connectivity index (χ4n) is 1.91. The van der Waals surface area contributed by atoms with E-state index in [4.69, 9.17) is 9.47 Å². The monoisotopic (exact) mass is 234 g/mol. The van der Waals surface area contributed by atoms with Crippen LogP contribution in [0.2, 0.25) is 0 Å². The highest BCUT2D eigenvalue weighted by Gasteiger charge is 2.14. The van der Waals surface area contributed by atoms with E-state index in [-0.39, 0.29) is 12.1 Å². The third-order valence-electron chi connectivity index (χ3n) is 2.91. The molecule has 0 bridgehead atoms. The van der Waals surface area contributed by atoms with Crippen molar-refractivity contribution in [2.24, 2.45) is 0 Å². The molecule has 3 nitrogen and oxygen atoms in total. The number of carbonyl (C=O) groups is 1. The van der Waals surface area contributed by atoms with Crippen molar-refractivity contribution in [3.63, 3.8) is 0 Å². The molecule has 0 radical (unpaired) electrons. The van der Waals surface area contributed by atoms with Gasteiger partial charge in [-0.1, -0.05) is 18.2 Å². The van der Waals surface area contributed by atoms with Gasteiger partial charge in [0.2, 0.25) is 0 Å². The smallest absolute Gasteiger partial charge is 0.159 e. The largest absolute Gasteiger partial charge is 0.353 e. The van der Waals surface area contributed by atoms with E-state index < -0.39 is 0 Å². The Morgan fingerprint density at radius 1 is 1.47 bits per heavy atom. The van der Waals surface area contributed by atoms with E-state index in [1.165, 1.54) is 0 Å². The van der Waals surface area contributed by atoms with Gasteiger partial charge < -0.3 is 9.47 Å². The Labute approximate surface area is 102 Å². The van der Waals surface area contributed by atoms with Gasteiger partial charge >= 0.3 is 0 Å². The number of rotatable bonds is 4. The van der Waals surface area contributed by atoms with Crippen molar-refractivity contribution in [1.29, 1.82) is 0 Å². The molecule has 0 saturated carbocycles. The van der Waals surface area contributed by atoms with Gasteiger partial charge in [-0.25, -0.2) is 0 Å². The molecule has 1 unspecified atom stereocenters. The third kappa shape index (κ3) is 3.65. The minimum absolute atomic E-state index is 0.0789. The summed E-state index contributed by atoms with van der Waals surface area (Å²) in [5.41, 5.74) is 1.75. The molecule has 0 aliphatic carbocycles. The van der Waals surface area contributed by atoms with Gasteiger partial charge in [-0.15, -0.1) is 0 Å². The topological polar surface area (TPSA) is 35.5 Å². The first kappa shape index (κ1) is 12.3. The molecule has 1 aromatic rings.